The third-order valence-corrected chi connectivity index (χ3v) is 2.78. The van der Waals surface area contributed by atoms with Crippen LogP contribution in [0.5, 0.6) is 0 Å². The predicted molar refractivity (Wildman–Crippen MR) is 50.8 cm³/mol. The maximum absolute atomic E-state index is 2.50. The molecule has 0 aromatic rings. The van der Waals surface area contributed by atoms with Gasteiger partial charge in [-0.25, -0.2) is 0 Å². The Labute approximate surface area is 69.7 Å². The van der Waals surface area contributed by atoms with Gasteiger partial charge in [0.25, 0.3) is 14.1 Å². The zero-order valence-corrected chi connectivity index (χ0v) is 8.93. The van der Waals surface area contributed by atoms with Gasteiger partial charge in [0.15, 0.2) is 0 Å². The van der Waals surface area contributed by atoms with E-state index in [-0.39, 0.29) is 0 Å². The molecule has 0 N–H and O–H groups in total. The molecule has 10 heavy (non-hydrogen) atoms. The number of unbranched alkanes of at least 4 members (excludes halogenated alkanes) is 1. The van der Waals surface area contributed by atoms with Crippen LogP contribution in [0.3, 0.4) is 0 Å². The van der Waals surface area contributed by atoms with Crippen molar-refractivity contribution in [1.82, 2.24) is 0 Å². The molecule has 58 valence electrons. The highest BCUT2D eigenvalue weighted by Crippen LogP contribution is 2.06. The second-order valence-electron chi connectivity index (χ2n) is 3.36. The smallest absolute Gasteiger partial charge is 0.146 e. The lowest BCUT2D eigenvalue weighted by Crippen LogP contribution is -1.95. The summed E-state index contributed by atoms with van der Waals surface area (Å²) in [6, 6.07) is 0. The van der Waals surface area contributed by atoms with E-state index in [1.54, 1.807) is 5.57 Å². The van der Waals surface area contributed by atoms with Crippen LogP contribution in [0.2, 0.25) is 11.6 Å². The molecule has 0 bridgehead atoms. The minimum Gasteiger partial charge on any atom is -0.146 e. The summed E-state index contributed by atoms with van der Waals surface area (Å²) in [5.74, 6) is 4.74. The van der Waals surface area contributed by atoms with E-state index in [1.165, 1.54) is 19.3 Å². The molecule has 0 aromatic carbocycles. The quantitative estimate of drug-likeness (QED) is 0.544. The van der Waals surface area contributed by atoms with E-state index in [1.807, 2.05) is 0 Å². The molecule has 0 fully saturated rings. The molecule has 0 aromatic heterocycles. The molecule has 0 aliphatic carbocycles. The molecule has 0 spiro atoms. The summed E-state index contributed by atoms with van der Waals surface area (Å²) in [6.45, 7) is 4.52. The van der Waals surface area contributed by atoms with E-state index in [4.69, 9.17) is 0 Å². The third kappa shape index (κ3) is 6.39. The highest BCUT2D eigenvalue weighted by Gasteiger charge is 1.96. The monoisotopic (exact) mass is 154 g/mol. The maximum atomic E-state index is 2.50. The van der Waals surface area contributed by atoms with E-state index in [2.05, 4.69) is 30.4 Å². The maximum Gasteiger partial charge on any atom is 0.288 e. The summed E-state index contributed by atoms with van der Waals surface area (Å²) in [5, 5.41) is 0. The molecule has 0 heterocycles. The van der Waals surface area contributed by atoms with Gasteiger partial charge in [-0.1, -0.05) is 18.9 Å². The van der Waals surface area contributed by atoms with Crippen LogP contribution in [0.15, 0.2) is 10.5 Å². The zero-order valence-electron chi connectivity index (χ0n) is 7.78. The normalized spacial score (nSPS) is 11.8. The summed E-state index contributed by atoms with van der Waals surface area (Å²) in [4.78, 5) is 2.50. The fourth-order valence-corrected chi connectivity index (χ4v) is 2.41. The average Bonchev–Trinajstić information content (AvgIpc) is 1.82. The van der Waals surface area contributed by atoms with Gasteiger partial charge in [0.1, 0.15) is 0 Å². The summed E-state index contributed by atoms with van der Waals surface area (Å²) in [7, 11) is 0. The SMILES string of the molecule is CCCCC(C)=[CH][Al]([CH3])[CH3]. The minimum atomic E-state index is -0.433. The van der Waals surface area contributed by atoms with Gasteiger partial charge in [-0.15, -0.1) is 16.5 Å². The molecule has 0 saturated carbocycles. The van der Waals surface area contributed by atoms with Gasteiger partial charge in [0.2, 0.25) is 0 Å². The molecule has 0 rings (SSSR count). The molecule has 0 radical (unpaired) electrons. The number of rotatable bonds is 4. The Bertz CT molecular complexity index is 103. The lowest BCUT2D eigenvalue weighted by atomic mass is 10.2. The average molecular weight is 154 g/mol. The minimum absolute atomic E-state index is 0.433. The van der Waals surface area contributed by atoms with Crippen LogP contribution in [-0.2, 0) is 0 Å². The Kier molecular flexibility index (Phi) is 6.18. The Morgan fingerprint density at radius 3 is 2.40 bits per heavy atom. The zero-order chi connectivity index (χ0) is 7.98. The van der Waals surface area contributed by atoms with Crippen LogP contribution in [-0.4, -0.2) is 14.1 Å². The van der Waals surface area contributed by atoms with Crippen LogP contribution in [0.25, 0.3) is 0 Å². The predicted octanol–water partition coefficient (Wildman–Crippen LogP) is 3.42. The molecule has 1 heteroatoms. The van der Waals surface area contributed by atoms with Crippen molar-refractivity contribution in [2.24, 2.45) is 0 Å². The second kappa shape index (κ2) is 6.01. The molecule has 0 amide bonds. The first kappa shape index (κ1) is 10.3. The van der Waals surface area contributed by atoms with Crippen LogP contribution >= 0.6 is 0 Å². The summed E-state index contributed by atoms with van der Waals surface area (Å²) in [6.07, 6.45) is 4.01. The van der Waals surface area contributed by atoms with E-state index >= 15 is 0 Å². The van der Waals surface area contributed by atoms with Crippen LogP contribution in [0, 0.1) is 0 Å². The first-order valence-corrected chi connectivity index (χ1v) is 7.31. The van der Waals surface area contributed by atoms with Crippen molar-refractivity contribution in [2.45, 2.75) is 44.7 Å². The molecule has 0 unspecified atom stereocenters. The van der Waals surface area contributed by atoms with Crippen molar-refractivity contribution in [3.05, 3.63) is 10.5 Å². The Morgan fingerprint density at radius 1 is 1.40 bits per heavy atom. The molecular formula is C9H19Al. The van der Waals surface area contributed by atoms with Crippen molar-refractivity contribution in [2.75, 3.05) is 0 Å². The largest absolute Gasteiger partial charge is 0.288 e. The second-order valence-corrected chi connectivity index (χ2v) is 6.18. The third-order valence-electron chi connectivity index (χ3n) is 1.54. The Morgan fingerprint density at radius 2 is 2.00 bits per heavy atom. The van der Waals surface area contributed by atoms with Gasteiger partial charge in [0.05, 0.1) is 0 Å². The van der Waals surface area contributed by atoms with E-state index < -0.39 is 14.1 Å². The highest BCUT2D eigenvalue weighted by atomic mass is 27.2. The van der Waals surface area contributed by atoms with Gasteiger partial charge in [-0.05, 0) is 19.8 Å². The highest BCUT2D eigenvalue weighted by molar-refractivity contribution is 6.61. The van der Waals surface area contributed by atoms with Gasteiger partial charge in [-0.2, -0.15) is 0 Å². The summed E-state index contributed by atoms with van der Waals surface area (Å²) < 4.78 is 0. The number of allylic oxidation sites excluding steroid dienone is 1. The standard InChI is InChI=1S/C7H13.2CH3.Al/c1-4-5-6-7(2)3;;;/h2H,4-6H2,1,3H3;2*1H3;. The molecule has 0 saturated heterocycles. The Hall–Kier alpha value is 0.272. The van der Waals surface area contributed by atoms with Crippen LogP contribution < -0.4 is 0 Å². The summed E-state index contributed by atoms with van der Waals surface area (Å²) in [5.41, 5.74) is 1.61. The summed E-state index contributed by atoms with van der Waals surface area (Å²) >= 11 is -0.433. The van der Waals surface area contributed by atoms with Crippen molar-refractivity contribution >= 4 is 14.1 Å². The van der Waals surface area contributed by atoms with Crippen molar-refractivity contribution < 1.29 is 0 Å². The van der Waals surface area contributed by atoms with Crippen molar-refractivity contribution in [3.8, 4) is 0 Å². The van der Waals surface area contributed by atoms with E-state index in [0.29, 0.717) is 0 Å². The fourth-order valence-electron chi connectivity index (χ4n) is 1.11. The number of hydrogen-bond acceptors (Lipinski definition) is 0. The molecule has 0 aliphatic rings. The van der Waals surface area contributed by atoms with Crippen molar-refractivity contribution in [1.29, 1.82) is 0 Å². The lowest BCUT2D eigenvalue weighted by Gasteiger charge is -1.98. The molecule has 0 nitrogen and oxygen atoms in total. The van der Waals surface area contributed by atoms with E-state index in [9.17, 15) is 0 Å². The number of hydrogen-bond donors (Lipinski definition) is 0. The lowest BCUT2D eigenvalue weighted by molar-refractivity contribution is 0.788. The van der Waals surface area contributed by atoms with Crippen LogP contribution in [0.1, 0.15) is 33.1 Å². The topological polar surface area (TPSA) is 0 Å². The van der Waals surface area contributed by atoms with Gasteiger partial charge in [0, 0.05) is 0 Å². The van der Waals surface area contributed by atoms with Crippen LogP contribution in [0.4, 0.5) is 0 Å². The first-order chi connectivity index (χ1) is 4.66. The molecule has 0 aliphatic heterocycles. The van der Waals surface area contributed by atoms with Gasteiger partial charge in [-0.3, -0.25) is 0 Å². The van der Waals surface area contributed by atoms with E-state index in [0.717, 1.165) is 0 Å². The van der Waals surface area contributed by atoms with Gasteiger partial charge < -0.3 is 0 Å². The molecule has 0 atom stereocenters. The van der Waals surface area contributed by atoms with Gasteiger partial charge >= 0.3 is 0 Å². The molecular weight excluding hydrogens is 135 g/mol. The van der Waals surface area contributed by atoms with Crippen molar-refractivity contribution in [3.63, 3.8) is 0 Å². The first-order valence-electron chi connectivity index (χ1n) is 4.34. The fraction of sp³-hybridized carbons (Fsp3) is 0.778. The Balaban J connectivity index is 3.49.